The van der Waals surface area contributed by atoms with Crippen molar-refractivity contribution in [3.05, 3.63) is 58.4 Å². The lowest BCUT2D eigenvalue weighted by atomic mass is 10.2. The summed E-state index contributed by atoms with van der Waals surface area (Å²) in [6.07, 6.45) is 2.49. The number of nitro groups is 1. The van der Waals surface area contributed by atoms with Crippen LogP contribution in [0.1, 0.15) is 5.56 Å². The summed E-state index contributed by atoms with van der Waals surface area (Å²) >= 11 is 0. The molecule has 0 unspecified atom stereocenters. The third-order valence-corrected chi connectivity index (χ3v) is 4.19. The van der Waals surface area contributed by atoms with Crippen LogP contribution in [0.25, 0.3) is 0 Å². The molecule has 0 aliphatic carbocycles. The largest absolute Gasteiger partial charge is 0.398 e. The summed E-state index contributed by atoms with van der Waals surface area (Å²) in [7, 11) is -3.89. The van der Waals surface area contributed by atoms with Crippen molar-refractivity contribution in [1.82, 2.24) is 9.71 Å². The van der Waals surface area contributed by atoms with Gasteiger partial charge in [0.25, 0.3) is 5.69 Å². The first-order chi connectivity index (χ1) is 9.92. The summed E-state index contributed by atoms with van der Waals surface area (Å²) in [4.78, 5) is 13.8. The second-order valence-corrected chi connectivity index (χ2v) is 5.86. The molecule has 1 aromatic carbocycles. The van der Waals surface area contributed by atoms with Crippen LogP contribution in [0.15, 0.2) is 47.6 Å². The normalized spacial score (nSPS) is 11.2. The van der Waals surface area contributed by atoms with E-state index in [1.165, 1.54) is 30.5 Å². The first kappa shape index (κ1) is 14.9. The molecule has 0 aliphatic rings. The number of nitrogens with zero attached hydrogens (tertiary/aromatic N) is 2. The molecule has 3 N–H and O–H groups in total. The number of pyridine rings is 1. The lowest BCUT2D eigenvalue weighted by molar-refractivity contribution is -0.385. The molecule has 1 aromatic heterocycles. The van der Waals surface area contributed by atoms with Crippen LogP contribution >= 0.6 is 0 Å². The minimum atomic E-state index is -3.89. The maximum atomic E-state index is 12.1. The number of nitrogens with one attached hydrogen (secondary N) is 1. The zero-order valence-electron chi connectivity index (χ0n) is 10.8. The summed E-state index contributed by atoms with van der Waals surface area (Å²) in [6.45, 7) is -0.214. The molecular formula is C12H12N4O4S. The Labute approximate surface area is 120 Å². The van der Waals surface area contributed by atoms with Gasteiger partial charge < -0.3 is 5.73 Å². The van der Waals surface area contributed by atoms with E-state index in [9.17, 15) is 18.5 Å². The Bertz CT molecular complexity index is 776. The number of nitrogens with two attached hydrogens (primary N) is 1. The molecule has 21 heavy (non-hydrogen) atoms. The summed E-state index contributed by atoms with van der Waals surface area (Å²) in [5.41, 5.74) is 5.75. The fourth-order valence-electron chi connectivity index (χ4n) is 1.70. The van der Waals surface area contributed by atoms with Crippen LogP contribution in [0, 0.1) is 10.1 Å². The van der Waals surface area contributed by atoms with E-state index in [1.807, 2.05) is 0 Å². The number of rotatable bonds is 5. The number of para-hydroxylation sites is 1. The van der Waals surface area contributed by atoms with Crippen LogP contribution in [0.2, 0.25) is 0 Å². The van der Waals surface area contributed by atoms with E-state index in [4.69, 9.17) is 5.73 Å². The smallest absolute Gasteiger partial charge is 0.273 e. The minimum Gasteiger partial charge on any atom is -0.398 e. The third-order valence-electron chi connectivity index (χ3n) is 2.75. The van der Waals surface area contributed by atoms with E-state index >= 15 is 0 Å². The number of anilines is 1. The standard InChI is InChI=1S/C12H12N4O4S/c13-10-5-6-14-8-12(10)21(19,20)15-7-9-3-1-2-4-11(9)16(17)18/h1-6,8,15H,7H2,(H2,13,14). The summed E-state index contributed by atoms with van der Waals surface area (Å²) in [6, 6.07) is 7.25. The van der Waals surface area contributed by atoms with Gasteiger partial charge in [-0.25, -0.2) is 13.1 Å². The van der Waals surface area contributed by atoms with Gasteiger partial charge in [-0.1, -0.05) is 18.2 Å². The van der Waals surface area contributed by atoms with E-state index in [2.05, 4.69) is 9.71 Å². The molecule has 1 heterocycles. The third kappa shape index (κ3) is 3.33. The van der Waals surface area contributed by atoms with E-state index in [1.54, 1.807) is 6.07 Å². The Hall–Kier alpha value is -2.52. The zero-order chi connectivity index (χ0) is 15.5. The van der Waals surface area contributed by atoms with Crippen LogP contribution < -0.4 is 10.5 Å². The molecule has 0 saturated heterocycles. The second kappa shape index (κ2) is 5.85. The highest BCUT2D eigenvalue weighted by Gasteiger charge is 2.19. The Kier molecular flexibility index (Phi) is 4.15. The second-order valence-electron chi connectivity index (χ2n) is 4.12. The molecule has 0 fully saturated rings. The monoisotopic (exact) mass is 308 g/mol. The molecule has 0 spiro atoms. The molecule has 9 heteroatoms. The van der Waals surface area contributed by atoms with Crippen molar-refractivity contribution < 1.29 is 13.3 Å². The zero-order valence-corrected chi connectivity index (χ0v) is 11.6. The van der Waals surface area contributed by atoms with Crippen molar-refractivity contribution in [1.29, 1.82) is 0 Å². The molecule has 110 valence electrons. The molecule has 2 rings (SSSR count). The van der Waals surface area contributed by atoms with Crippen LogP contribution in [0.4, 0.5) is 11.4 Å². The van der Waals surface area contributed by atoms with Gasteiger partial charge in [0.15, 0.2) is 0 Å². The van der Waals surface area contributed by atoms with Gasteiger partial charge in [0.2, 0.25) is 10.0 Å². The summed E-state index contributed by atoms with van der Waals surface area (Å²) in [5, 5.41) is 10.9. The number of hydrogen-bond donors (Lipinski definition) is 2. The van der Waals surface area contributed by atoms with Gasteiger partial charge in [-0.3, -0.25) is 15.1 Å². The molecule has 8 nitrogen and oxygen atoms in total. The fraction of sp³-hybridized carbons (Fsp3) is 0.0833. The Morgan fingerprint density at radius 1 is 1.29 bits per heavy atom. The van der Waals surface area contributed by atoms with Crippen LogP contribution in [-0.4, -0.2) is 18.3 Å². The summed E-state index contributed by atoms with van der Waals surface area (Å²) < 4.78 is 26.5. The minimum absolute atomic E-state index is 0.0556. The maximum Gasteiger partial charge on any atom is 0.273 e. The predicted octanol–water partition coefficient (Wildman–Crippen LogP) is 1.05. The lowest BCUT2D eigenvalue weighted by Gasteiger charge is -2.08. The van der Waals surface area contributed by atoms with Gasteiger partial charge >= 0.3 is 0 Å². The molecule has 0 atom stereocenters. The quantitative estimate of drug-likeness (QED) is 0.627. The van der Waals surface area contributed by atoms with Crippen molar-refractivity contribution in [2.45, 2.75) is 11.4 Å². The number of nitro benzene ring substituents is 1. The highest BCUT2D eigenvalue weighted by molar-refractivity contribution is 7.89. The molecular weight excluding hydrogens is 296 g/mol. The van der Waals surface area contributed by atoms with Crippen molar-refractivity contribution in [2.75, 3.05) is 5.73 Å². The molecule has 0 aliphatic heterocycles. The van der Waals surface area contributed by atoms with Crippen LogP contribution in [0.3, 0.4) is 0 Å². The highest BCUT2D eigenvalue weighted by atomic mass is 32.2. The molecule has 0 amide bonds. The van der Waals surface area contributed by atoms with Gasteiger partial charge in [-0.05, 0) is 6.07 Å². The summed E-state index contributed by atoms with van der Waals surface area (Å²) in [5.74, 6) is 0. The van der Waals surface area contributed by atoms with Gasteiger partial charge in [0.05, 0.1) is 10.6 Å². The van der Waals surface area contributed by atoms with Gasteiger partial charge in [0, 0.05) is 30.6 Å². The van der Waals surface area contributed by atoms with Crippen molar-refractivity contribution >= 4 is 21.4 Å². The van der Waals surface area contributed by atoms with Crippen LogP contribution in [-0.2, 0) is 16.6 Å². The van der Waals surface area contributed by atoms with Gasteiger partial charge in [0.1, 0.15) is 4.90 Å². The number of sulfonamides is 1. The Balaban J connectivity index is 2.24. The first-order valence-corrected chi connectivity index (χ1v) is 7.31. The van der Waals surface area contributed by atoms with Crippen LogP contribution in [0.5, 0.6) is 0 Å². The van der Waals surface area contributed by atoms with Gasteiger partial charge in [-0.15, -0.1) is 0 Å². The number of hydrogen-bond acceptors (Lipinski definition) is 6. The van der Waals surface area contributed by atoms with Crippen molar-refractivity contribution in [2.24, 2.45) is 0 Å². The maximum absolute atomic E-state index is 12.1. The molecule has 0 bridgehead atoms. The Morgan fingerprint density at radius 2 is 2.00 bits per heavy atom. The molecule has 2 aromatic rings. The molecule has 0 saturated carbocycles. The van der Waals surface area contributed by atoms with E-state index in [-0.39, 0.29) is 28.4 Å². The van der Waals surface area contributed by atoms with Crippen molar-refractivity contribution in [3.63, 3.8) is 0 Å². The number of nitrogen functional groups attached to an aromatic ring is 1. The fourth-order valence-corrected chi connectivity index (χ4v) is 2.78. The van der Waals surface area contributed by atoms with Crippen molar-refractivity contribution in [3.8, 4) is 0 Å². The van der Waals surface area contributed by atoms with E-state index < -0.39 is 14.9 Å². The number of benzene rings is 1. The predicted molar refractivity (Wildman–Crippen MR) is 75.8 cm³/mol. The molecule has 0 radical (unpaired) electrons. The number of aromatic nitrogens is 1. The van der Waals surface area contributed by atoms with Gasteiger partial charge in [-0.2, -0.15) is 0 Å². The van der Waals surface area contributed by atoms with E-state index in [0.29, 0.717) is 0 Å². The topological polar surface area (TPSA) is 128 Å². The average molecular weight is 308 g/mol. The highest BCUT2D eigenvalue weighted by Crippen LogP contribution is 2.19. The SMILES string of the molecule is Nc1ccncc1S(=O)(=O)NCc1ccccc1[N+](=O)[O-]. The van der Waals surface area contributed by atoms with E-state index in [0.717, 1.165) is 6.20 Å². The average Bonchev–Trinajstić information content (AvgIpc) is 2.45. The Morgan fingerprint density at radius 3 is 2.67 bits per heavy atom. The first-order valence-electron chi connectivity index (χ1n) is 5.83. The lowest BCUT2D eigenvalue weighted by Crippen LogP contribution is -2.24.